The molecule has 0 radical (unpaired) electrons. The number of aliphatic hydroxyl groups excluding tert-OH is 1. The van der Waals surface area contributed by atoms with Gasteiger partial charge >= 0.3 is 6.18 Å². The third kappa shape index (κ3) is 3.39. The Hall–Kier alpha value is -2.09. The summed E-state index contributed by atoms with van der Waals surface area (Å²) in [5.41, 5.74) is 0.382. The lowest BCUT2D eigenvalue weighted by molar-refractivity contribution is -0.180. The first-order valence-electron chi connectivity index (χ1n) is 9.14. The number of thioether (sulfide) groups is 1. The van der Waals surface area contributed by atoms with Gasteiger partial charge in [-0.2, -0.15) is 13.2 Å². The summed E-state index contributed by atoms with van der Waals surface area (Å²) in [5, 5.41) is 11.1. The van der Waals surface area contributed by atoms with Crippen LogP contribution in [-0.4, -0.2) is 17.1 Å². The normalized spacial score (nSPS) is 23.6. The topological polar surface area (TPSA) is 37.3 Å². The number of alkyl halides is 3. The molecule has 154 valence electrons. The predicted octanol–water partition coefficient (Wildman–Crippen LogP) is 6.55. The van der Waals surface area contributed by atoms with E-state index in [1.807, 2.05) is 0 Å². The van der Waals surface area contributed by atoms with E-state index >= 15 is 0 Å². The van der Waals surface area contributed by atoms with Gasteiger partial charge in [-0.05, 0) is 29.3 Å². The smallest absolute Gasteiger partial charge is 0.388 e. The number of hydrogen-bond donors (Lipinski definition) is 1. The van der Waals surface area contributed by atoms with Crippen molar-refractivity contribution < 1.29 is 23.1 Å². The van der Waals surface area contributed by atoms with E-state index in [0.29, 0.717) is 26.7 Å². The fourth-order valence-corrected chi connectivity index (χ4v) is 5.70. The number of aliphatic hydroxyl groups is 1. The number of rotatable bonds is 3. The summed E-state index contributed by atoms with van der Waals surface area (Å²) >= 11 is 3.86. The Morgan fingerprint density at radius 1 is 0.933 bits per heavy atom. The van der Waals surface area contributed by atoms with Crippen LogP contribution in [0.4, 0.5) is 13.2 Å². The van der Waals surface area contributed by atoms with E-state index in [-0.39, 0.29) is 11.1 Å². The molecule has 30 heavy (non-hydrogen) atoms. The Kier molecular flexibility index (Phi) is 5.55. The van der Waals surface area contributed by atoms with E-state index < -0.39 is 28.7 Å². The van der Waals surface area contributed by atoms with E-state index in [0.717, 1.165) is 0 Å². The second kappa shape index (κ2) is 7.87. The van der Waals surface area contributed by atoms with Gasteiger partial charge in [0.05, 0.1) is 12.0 Å². The van der Waals surface area contributed by atoms with E-state index in [1.165, 1.54) is 36.4 Å². The highest BCUT2D eigenvalue weighted by molar-refractivity contribution is 9.10. The van der Waals surface area contributed by atoms with Gasteiger partial charge in [-0.1, -0.05) is 76.6 Å². The molecule has 0 unspecified atom stereocenters. The molecule has 1 N–H and O–H groups in total. The quantitative estimate of drug-likeness (QED) is 0.421. The molecule has 1 aliphatic rings. The fourth-order valence-electron chi connectivity index (χ4n) is 3.90. The van der Waals surface area contributed by atoms with Crippen molar-refractivity contribution in [2.45, 2.75) is 21.9 Å². The van der Waals surface area contributed by atoms with Crippen molar-refractivity contribution in [2.75, 3.05) is 0 Å². The number of benzene rings is 3. The molecule has 0 aliphatic carbocycles. The van der Waals surface area contributed by atoms with E-state index in [9.17, 15) is 23.1 Å². The van der Waals surface area contributed by atoms with Crippen LogP contribution in [0.1, 0.15) is 27.6 Å². The Morgan fingerprint density at radius 2 is 1.53 bits per heavy atom. The molecule has 0 saturated carbocycles. The summed E-state index contributed by atoms with van der Waals surface area (Å²) in [6.07, 6.45) is -6.41. The Bertz CT molecular complexity index is 1070. The first-order valence-corrected chi connectivity index (χ1v) is 10.7. The van der Waals surface area contributed by atoms with E-state index in [1.54, 1.807) is 42.5 Å². The zero-order valence-corrected chi connectivity index (χ0v) is 17.8. The molecule has 4 rings (SSSR count). The van der Waals surface area contributed by atoms with Crippen molar-refractivity contribution in [3.63, 3.8) is 0 Å². The van der Waals surface area contributed by atoms with Crippen LogP contribution in [0.3, 0.4) is 0 Å². The molecule has 3 aromatic carbocycles. The monoisotopic (exact) mass is 492 g/mol. The van der Waals surface area contributed by atoms with Gasteiger partial charge < -0.3 is 5.11 Å². The average molecular weight is 493 g/mol. The SMILES string of the molecule is O=C(c1ccc(Br)cc1)[C@@H]1[C@@H](O)c2ccccc2S[C@@]1(c1ccccc1)C(F)(F)F. The maximum Gasteiger partial charge on any atom is 0.408 e. The zero-order valence-electron chi connectivity index (χ0n) is 15.4. The lowest BCUT2D eigenvalue weighted by atomic mass is 9.74. The Labute approximate surface area is 184 Å². The van der Waals surface area contributed by atoms with Crippen molar-refractivity contribution in [1.82, 2.24) is 0 Å². The molecule has 0 spiro atoms. The van der Waals surface area contributed by atoms with Gasteiger partial charge in [-0.25, -0.2) is 0 Å². The van der Waals surface area contributed by atoms with Crippen LogP contribution in [0.5, 0.6) is 0 Å². The van der Waals surface area contributed by atoms with E-state index in [2.05, 4.69) is 15.9 Å². The van der Waals surface area contributed by atoms with Crippen molar-refractivity contribution >= 4 is 33.5 Å². The molecule has 0 amide bonds. The summed E-state index contributed by atoms with van der Waals surface area (Å²) < 4.78 is 42.6. The number of carbonyl (C=O) groups excluding carboxylic acids is 1. The summed E-state index contributed by atoms with van der Waals surface area (Å²) in [6.45, 7) is 0. The summed E-state index contributed by atoms with van der Waals surface area (Å²) in [5.74, 6) is -2.50. The highest BCUT2D eigenvalue weighted by atomic mass is 79.9. The van der Waals surface area contributed by atoms with Crippen LogP contribution in [0.2, 0.25) is 0 Å². The highest BCUT2D eigenvalue weighted by Crippen LogP contribution is 2.64. The van der Waals surface area contributed by atoms with Gasteiger partial charge in [0.2, 0.25) is 0 Å². The molecule has 1 heterocycles. The second-order valence-electron chi connectivity index (χ2n) is 7.03. The molecule has 3 aromatic rings. The molecule has 0 bridgehead atoms. The van der Waals surface area contributed by atoms with Crippen LogP contribution in [0.25, 0.3) is 0 Å². The first-order chi connectivity index (χ1) is 14.3. The fraction of sp³-hybridized carbons (Fsp3) is 0.174. The first kappa shape index (κ1) is 21.2. The van der Waals surface area contributed by atoms with Crippen LogP contribution in [0.15, 0.2) is 88.2 Å². The van der Waals surface area contributed by atoms with Crippen LogP contribution < -0.4 is 0 Å². The molecular weight excluding hydrogens is 477 g/mol. The van der Waals surface area contributed by atoms with Gasteiger partial charge in [0.15, 0.2) is 10.5 Å². The van der Waals surface area contributed by atoms with E-state index in [4.69, 9.17) is 0 Å². The van der Waals surface area contributed by atoms with Crippen molar-refractivity contribution in [2.24, 2.45) is 5.92 Å². The van der Waals surface area contributed by atoms with Crippen molar-refractivity contribution in [3.05, 3.63) is 100 Å². The lowest BCUT2D eigenvalue weighted by Crippen LogP contribution is -2.53. The number of fused-ring (bicyclic) bond motifs is 1. The molecule has 0 fully saturated rings. The minimum Gasteiger partial charge on any atom is -0.388 e. The average Bonchev–Trinajstić information content (AvgIpc) is 2.73. The lowest BCUT2D eigenvalue weighted by Gasteiger charge is -2.46. The molecule has 2 nitrogen and oxygen atoms in total. The van der Waals surface area contributed by atoms with Gasteiger partial charge in [0.25, 0.3) is 0 Å². The van der Waals surface area contributed by atoms with Crippen molar-refractivity contribution in [3.8, 4) is 0 Å². The minimum absolute atomic E-state index is 0.0634. The standard InChI is InChI=1S/C23H16BrF3O2S/c24-16-12-10-14(11-13-16)20(28)19-21(29)17-8-4-5-9-18(17)30-22(19,23(25,26)27)15-6-2-1-3-7-15/h1-13,19,21,29H/t19-,21+,22-/m1/s1. The van der Waals surface area contributed by atoms with Gasteiger partial charge in [0, 0.05) is 14.9 Å². The molecule has 1 aliphatic heterocycles. The minimum atomic E-state index is -4.80. The Balaban J connectivity index is 1.99. The van der Waals surface area contributed by atoms with Gasteiger partial charge in [-0.3, -0.25) is 4.79 Å². The molecular formula is C23H16BrF3O2S. The molecule has 7 heteroatoms. The van der Waals surface area contributed by atoms with Gasteiger partial charge in [-0.15, -0.1) is 11.8 Å². The Morgan fingerprint density at radius 3 is 2.17 bits per heavy atom. The number of carbonyl (C=O) groups is 1. The third-order valence-electron chi connectivity index (χ3n) is 5.30. The number of ketones is 1. The highest BCUT2D eigenvalue weighted by Gasteiger charge is 2.67. The third-order valence-corrected chi connectivity index (χ3v) is 7.46. The van der Waals surface area contributed by atoms with Gasteiger partial charge in [0.1, 0.15) is 0 Å². The zero-order chi connectivity index (χ0) is 21.5. The molecule has 3 atom stereocenters. The maximum atomic E-state index is 14.8. The largest absolute Gasteiger partial charge is 0.408 e. The predicted molar refractivity (Wildman–Crippen MR) is 113 cm³/mol. The number of Topliss-reactive ketones (excluding diaryl/α,β-unsaturated/α-hetero) is 1. The maximum absolute atomic E-state index is 14.8. The second-order valence-corrected chi connectivity index (χ2v) is 9.24. The summed E-state index contributed by atoms with van der Waals surface area (Å²) in [6, 6.07) is 19.9. The molecule has 0 aromatic heterocycles. The van der Waals surface area contributed by atoms with Crippen LogP contribution >= 0.6 is 27.7 Å². The number of hydrogen-bond acceptors (Lipinski definition) is 3. The summed E-state index contributed by atoms with van der Waals surface area (Å²) in [4.78, 5) is 13.8. The molecule has 0 saturated heterocycles. The summed E-state index contributed by atoms with van der Waals surface area (Å²) in [7, 11) is 0. The number of halogens is 4. The van der Waals surface area contributed by atoms with Crippen LogP contribution in [0, 0.1) is 5.92 Å². The van der Waals surface area contributed by atoms with Crippen LogP contribution in [-0.2, 0) is 4.75 Å². The van der Waals surface area contributed by atoms with Crippen molar-refractivity contribution in [1.29, 1.82) is 0 Å².